The summed E-state index contributed by atoms with van der Waals surface area (Å²) in [5, 5.41) is 0. The quantitative estimate of drug-likeness (QED) is 0.142. The monoisotopic (exact) mass is 436 g/mol. The molecule has 1 aromatic rings. The van der Waals surface area contributed by atoms with Crippen LogP contribution in [0.25, 0.3) is 0 Å². The van der Waals surface area contributed by atoms with E-state index in [2.05, 4.69) is 25.1 Å². The molecule has 1 aromatic carbocycles. The molecule has 0 atom stereocenters. The van der Waals surface area contributed by atoms with Gasteiger partial charge in [0.15, 0.2) is 0 Å². The van der Waals surface area contributed by atoms with Crippen molar-refractivity contribution in [1.29, 1.82) is 0 Å². The Morgan fingerprint density at radius 3 is 2.00 bits per heavy atom. The Balaban J connectivity index is 2.20. The smallest absolute Gasteiger partial charge is 0.394 e. The Hall–Kier alpha value is -1.09. The average Bonchev–Trinajstić information content (AvgIpc) is 2.71. The number of unbranched alkanes of at least 4 members (excludes halogenated alkanes) is 9. The molecule has 0 unspecified atom stereocenters. The highest BCUT2D eigenvalue weighted by Crippen LogP contribution is 2.50. The average molecular weight is 437 g/mol. The molecule has 172 valence electrons. The van der Waals surface area contributed by atoms with Gasteiger partial charge in [0.25, 0.3) is 0 Å². The van der Waals surface area contributed by atoms with Gasteiger partial charge in [0.2, 0.25) is 0 Å². The van der Waals surface area contributed by atoms with Gasteiger partial charge >= 0.3 is 7.67 Å². The Kier molecular flexibility index (Phi) is 14.1. The van der Waals surface area contributed by atoms with Crippen molar-refractivity contribution in [2.24, 2.45) is 0 Å². The van der Waals surface area contributed by atoms with E-state index >= 15 is 0 Å². The van der Waals surface area contributed by atoms with Gasteiger partial charge in [-0.3, -0.25) is 0 Å². The van der Waals surface area contributed by atoms with Crippen LogP contribution in [0.4, 0.5) is 0 Å². The van der Waals surface area contributed by atoms with E-state index in [4.69, 9.17) is 4.52 Å². The van der Waals surface area contributed by atoms with Crippen molar-refractivity contribution < 1.29 is 9.09 Å². The summed E-state index contributed by atoms with van der Waals surface area (Å²) in [6.45, 7) is 2.23. The highest BCUT2D eigenvalue weighted by atomic mass is 31.2. The largest absolute Gasteiger partial charge is 0.422 e. The molecule has 0 bridgehead atoms. The van der Waals surface area contributed by atoms with Crippen LogP contribution in [-0.4, -0.2) is 37.5 Å². The van der Waals surface area contributed by atoms with Crippen molar-refractivity contribution in [1.82, 2.24) is 9.34 Å². The van der Waals surface area contributed by atoms with Crippen LogP contribution in [0.3, 0.4) is 0 Å². The lowest BCUT2D eigenvalue weighted by molar-refractivity contribution is 0.354. The summed E-state index contributed by atoms with van der Waals surface area (Å²) in [6.07, 6.45) is 20.1. The minimum atomic E-state index is -3.00. The number of rotatable bonds is 17. The number of hydrogen-bond acceptors (Lipinski definition) is 2. The first-order valence-corrected chi connectivity index (χ1v) is 13.3. The fraction of sp³-hybridized carbons (Fsp3) is 0.680. The number of hydrogen-bond donors (Lipinski definition) is 0. The molecule has 0 amide bonds. The summed E-state index contributed by atoms with van der Waals surface area (Å²) in [5.74, 6) is 0.683. The number of benzene rings is 1. The first kappa shape index (κ1) is 26.9. The normalized spacial score (nSPS) is 12.4. The number of nitrogens with zero attached hydrogens (tertiary/aromatic N) is 2. The molecule has 30 heavy (non-hydrogen) atoms. The second-order valence-electron chi connectivity index (χ2n) is 8.55. The highest BCUT2D eigenvalue weighted by Gasteiger charge is 2.31. The minimum Gasteiger partial charge on any atom is -0.422 e. The van der Waals surface area contributed by atoms with Gasteiger partial charge in [0.1, 0.15) is 5.75 Å². The van der Waals surface area contributed by atoms with Crippen LogP contribution in [0.5, 0.6) is 5.75 Å². The predicted molar refractivity (Wildman–Crippen MR) is 131 cm³/mol. The molecule has 1 rings (SSSR count). The Labute approximate surface area is 186 Å². The Morgan fingerprint density at radius 2 is 1.40 bits per heavy atom. The van der Waals surface area contributed by atoms with Gasteiger partial charge in [0, 0.05) is 0 Å². The van der Waals surface area contributed by atoms with Gasteiger partial charge in [0.05, 0.1) is 0 Å². The van der Waals surface area contributed by atoms with Gasteiger partial charge in [-0.25, -0.2) is 13.9 Å². The van der Waals surface area contributed by atoms with Crippen LogP contribution in [0.2, 0.25) is 0 Å². The van der Waals surface area contributed by atoms with E-state index in [0.29, 0.717) is 5.75 Å². The van der Waals surface area contributed by atoms with Crippen LogP contribution in [0.1, 0.15) is 83.1 Å². The van der Waals surface area contributed by atoms with Crippen molar-refractivity contribution in [2.45, 2.75) is 84.0 Å². The zero-order chi connectivity index (χ0) is 22.2. The third-order valence-electron chi connectivity index (χ3n) is 5.34. The molecule has 4 nitrogen and oxygen atoms in total. The molecule has 0 saturated carbocycles. The van der Waals surface area contributed by atoms with Crippen molar-refractivity contribution in [3.8, 4) is 5.75 Å². The van der Waals surface area contributed by atoms with E-state index in [9.17, 15) is 4.57 Å². The van der Waals surface area contributed by atoms with Crippen molar-refractivity contribution >= 4 is 7.67 Å². The fourth-order valence-corrected chi connectivity index (χ4v) is 4.90. The number of allylic oxidation sites excluding steroid dienone is 2. The lowest BCUT2D eigenvalue weighted by atomic mass is 10.0. The Bertz CT molecular complexity index is 632. The predicted octanol–water partition coefficient (Wildman–Crippen LogP) is 7.71. The second kappa shape index (κ2) is 15.7. The summed E-state index contributed by atoms with van der Waals surface area (Å²) in [5.41, 5.74) is 1.26. The van der Waals surface area contributed by atoms with Crippen LogP contribution in [0.15, 0.2) is 36.4 Å². The van der Waals surface area contributed by atoms with E-state index in [1.54, 1.807) is 37.5 Å². The maximum atomic E-state index is 13.0. The molecule has 0 aliphatic rings. The van der Waals surface area contributed by atoms with Crippen LogP contribution in [0, 0.1) is 0 Å². The molecule has 0 radical (unpaired) electrons. The summed E-state index contributed by atoms with van der Waals surface area (Å²) < 4.78 is 22.2. The molecule has 0 fully saturated rings. The molecule has 0 spiro atoms. The molecule has 0 heterocycles. The number of aryl methyl sites for hydroxylation is 1. The summed E-state index contributed by atoms with van der Waals surface area (Å²) in [4.78, 5) is 0. The van der Waals surface area contributed by atoms with E-state index in [1.807, 2.05) is 18.2 Å². The lowest BCUT2D eigenvalue weighted by Crippen LogP contribution is -2.24. The SMILES string of the molecule is CCC/C=C/CCCCCCCCCCc1cccc(OP(=O)(N(C)C)N(C)C)c1. The van der Waals surface area contributed by atoms with E-state index in [1.165, 1.54) is 76.2 Å². The zero-order valence-electron chi connectivity index (χ0n) is 20.1. The molecule has 0 N–H and O–H groups in total. The topological polar surface area (TPSA) is 32.8 Å². The third-order valence-corrected chi connectivity index (χ3v) is 7.81. The molecular formula is C25H45N2O2P. The maximum absolute atomic E-state index is 13.0. The van der Waals surface area contributed by atoms with Crippen LogP contribution in [-0.2, 0) is 11.0 Å². The van der Waals surface area contributed by atoms with E-state index in [-0.39, 0.29) is 0 Å². The van der Waals surface area contributed by atoms with Gasteiger partial charge in [-0.1, -0.05) is 76.2 Å². The summed E-state index contributed by atoms with van der Waals surface area (Å²) in [7, 11) is 4.15. The van der Waals surface area contributed by atoms with Crippen LogP contribution < -0.4 is 4.52 Å². The molecule has 0 aliphatic heterocycles. The van der Waals surface area contributed by atoms with Crippen LogP contribution >= 0.6 is 7.67 Å². The van der Waals surface area contributed by atoms with Gasteiger partial charge in [-0.05, 0) is 78.0 Å². The lowest BCUT2D eigenvalue weighted by Gasteiger charge is -2.29. The van der Waals surface area contributed by atoms with E-state index in [0.717, 1.165) is 6.42 Å². The van der Waals surface area contributed by atoms with Gasteiger partial charge in [-0.2, -0.15) is 0 Å². The van der Waals surface area contributed by atoms with E-state index < -0.39 is 7.67 Å². The first-order valence-electron chi connectivity index (χ1n) is 11.8. The summed E-state index contributed by atoms with van der Waals surface area (Å²) >= 11 is 0. The molecular weight excluding hydrogens is 391 g/mol. The van der Waals surface area contributed by atoms with Crippen molar-refractivity contribution in [3.05, 3.63) is 42.0 Å². The van der Waals surface area contributed by atoms with Gasteiger partial charge < -0.3 is 4.52 Å². The van der Waals surface area contributed by atoms with Crippen molar-refractivity contribution in [2.75, 3.05) is 28.2 Å². The third kappa shape index (κ3) is 10.8. The maximum Gasteiger partial charge on any atom is 0.394 e. The second-order valence-corrected chi connectivity index (χ2v) is 11.3. The molecule has 5 heteroatoms. The molecule has 0 aromatic heterocycles. The fourth-order valence-electron chi connectivity index (χ4n) is 3.47. The standard InChI is InChI=1S/C25H45N2O2P/c1-6-7-8-9-10-11-12-13-14-15-16-17-18-20-24-21-19-22-25(23-24)29-30(28,26(2)3)27(4)5/h8-9,19,21-23H,6-7,10-18,20H2,1-5H3/b9-8+. The summed E-state index contributed by atoms with van der Waals surface area (Å²) in [6, 6.07) is 8.06. The first-order chi connectivity index (χ1) is 14.4. The minimum absolute atomic E-state index is 0.683. The molecule has 0 aliphatic carbocycles. The highest BCUT2D eigenvalue weighted by molar-refractivity contribution is 7.54. The zero-order valence-corrected chi connectivity index (χ0v) is 21.0. The van der Waals surface area contributed by atoms with Crippen molar-refractivity contribution in [3.63, 3.8) is 0 Å². The Morgan fingerprint density at radius 1 is 0.833 bits per heavy atom. The molecule has 0 saturated heterocycles. The van der Waals surface area contributed by atoms with Gasteiger partial charge in [-0.15, -0.1) is 0 Å².